The molecule has 88 valence electrons. The Labute approximate surface area is 91.2 Å². The van der Waals surface area contributed by atoms with Crippen LogP contribution >= 0.6 is 0 Å². The summed E-state index contributed by atoms with van der Waals surface area (Å²) in [4.78, 5) is 2.15. The third-order valence-electron chi connectivity index (χ3n) is 3.58. The lowest BCUT2D eigenvalue weighted by Gasteiger charge is -2.35. The average molecular weight is 233 g/mol. The van der Waals surface area contributed by atoms with Gasteiger partial charge >= 0.3 is 0 Å². The van der Waals surface area contributed by atoms with Crippen molar-refractivity contribution in [3.8, 4) is 0 Å². The Hall–Kier alpha value is -0.130. The molecule has 0 saturated carbocycles. The zero-order valence-corrected chi connectivity index (χ0v) is 9.91. The fraction of sp³-hybridized carbons (Fsp3) is 1.00. The van der Waals surface area contributed by atoms with Gasteiger partial charge in [0.05, 0.1) is 23.7 Å². The number of hydrogen-bond acceptors (Lipinski definition) is 4. The van der Waals surface area contributed by atoms with Crippen LogP contribution in [0.25, 0.3) is 0 Å². The highest BCUT2D eigenvalue weighted by atomic mass is 32.2. The number of likely N-dealkylation sites (tertiary alicyclic amines) is 1. The molecule has 0 aliphatic carbocycles. The summed E-state index contributed by atoms with van der Waals surface area (Å²) in [5, 5.41) is 9.72. The van der Waals surface area contributed by atoms with Crippen LogP contribution in [0.3, 0.4) is 0 Å². The molecule has 0 aromatic rings. The zero-order chi connectivity index (χ0) is 11.1. The number of aliphatic hydroxyl groups is 1. The summed E-state index contributed by atoms with van der Waals surface area (Å²) in [5.74, 6) is 0.822. The van der Waals surface area contributed by atoms with Crippen molar-refractivity contribution >= 4 is 9.84 Å². The van der Waals surface area contributed by atoms with Crippen molar-refractivity contribution < 1.29 is 13.5 Å². The van der Waals surface area contributed by atoms with Crippen molar-refractivity contribution in [1.29, 1.82) is 0 Å². The summed E-state index contributed by atoms with van der Waals surface area (Å²) < 4.78 is 22.7. The maximum atomic E-state index is 11.4. The highest BCUT2D eigenvalue weighted by molar-refractivity contribution is 7.91. The smallest absolute Gasteiger partial charge is 0.154 e. The molecule has 0 spiro atoms. The predicted octanol–water partition coefficient (Wildman–Crippen LogP) is -0.124. The Balaban J connectivity index is 2.00. The number of aliphatic hydroxyl groups excluding tert-OH is 1. The van der Waals surface area contributed by atoms with E-state index in [2.05, 4.69) is 11.8 Å². The summed E-state index contributed by atoms with van der Waals surface area (Å²) in [5.41, 5.74) is 0. The molecule has 2 heterocycles. The minimum Gasteiger partial charge on any atom is -0.390 e. The maximum absolute atomic E-state index is 11.4. The Kier molecular flexibility index (Phi) is 3.05. The summed E-state index contributed by atoms with van der Waals surface area (Å²) in [6.45, 7) is 4.08. The lowest BCUT2D eigenvalue weighted by molar-refractivity contribution is 0.0609. The van der Waals surface area contributed by atoms with E-state index in [1.807, 2.05) is 0 Å². The Morgan fingerprint density at radius 3 is 2.27 bits per heavy atom. The van der Waals surface area contributed by atoms with Crippen molar-refractivity contribution in [3.05, 3.63) is 0 Å². The van der Waals surface area contributed by atoms with Crippen molar-refractivity contribution in [2.45, 2.75) is 31.9 Å². The molecule has 0 aromatic heterocycles. The van der Waals surface area contributed by atoms with Gasteiger partial charge in [-0.3, -0.25) is 4.90 Å². The topological polar surface area (TPSA) is 57.6 Å². The maximum Gasteiger partial charge on any atom is 0.154 e. The van der Waals surface area contributed by atoms with Gasteiger partial charge in [0.25, 0.3) is 0 Å². The Morgan fingerprint density at radius 1 is 1.20 bits per heavy atom. The molecule has 4 nitrogen and oxygen atoms in total. The standard InChI is InChI=1S/C10H19NO3S/c1-8-2-4-11(5-3-8)9-6-15(13,14)7-10(9)12/h8-10,12H,2-7H2,1H3/t9-,10+/m1/s1. The molecule has 1 N–H and O–H groups in total. The normalized spacial score (nSPS) is 38.3. The molecule has 2 aliphatic rings. The van der Waals surface area contributed by atoms with E-state index in [0.29, 0.717) is 0 Å². The van der Waals surface area contributed by atoms with Crippen molar-refractivity contribution in [2.75, 3.05) is 24.6 Å². The Morgan fingerprint density at radius 2 is 1.80 bits per heavy atom. The van der Waals surface area contributed by atoms with Gasteiger partial charge in [0.1, 0.15) is 0 Å². The molecule has 0 radical (unpaired) electrons. The van der Waals surface area contributed by atoms with Gasteiger partial charge in [0.2, 0.25) is 0 Å². The second kappa shape index (κ2) is 4.03. The number of sulfone groups is 1. The van der Waals surface area contributed by atoms with Gasteiger partial charge < -0.3 is 5.11 Å². The highest BCUT2D eigenvalue weighted by Gasteiger charge is 2.40. The van der Waals surface area contributed by atoms with Crippen LogP contribution in [0.5, 0.6) is 0 Å². The quantitative estimate of drug-likeness (QED) is 0.686. The van der Waals surface area contributed by atoms with Gasteiger partial charge in [-0.15, -0.1) is 0 Å². The lowest BCUT2D eigenvalue weighted by Crippen LogP contribution is -2.46. The number of rotatable bonds is 1. The average Bonchev–Trinajstić information content (AvgIpc) is 2.41. The minimum absolute atomic E-state index is 0.0519. The molecule has 2 aliphatic heterocycles. The predicted molar refractivity (Wildman–Crippen MR) is 58.4 cm³/mol. The zero-order valence-electron chi connectivity index (χ0n) is 9.09. The highest BCUT2D eigenvalue weighted by Crippen LogP contribution is 2.24. The number of piperidine rings is 1. The molecule has 0 bridgehead atoms. The van der Waals surface area contributed by atoms with Crippen molar-refractivity contribution in [3.63, 3.8) is 0 Å². The first kappa shape index (κ1) is 11.4. The van der Waals surface area contributed by atoms with Gasteiger partial charge in [0.15, 0.2) is 9.84 Å². The van der Waals surface area contributed by atoms with E-state index < -0.39 is 15.9 Å². The van der Waals surface area contributed by atoms with Crippen LogP contribution in [0.4, 0.5) is 0 Å². The van der Waals surface area contributed by atoms with Crippen LogP contribution < -0.4 is 0 Å². The molecule has 2 rings (SSSR count). The van der Waals surface area contributed by atoms with Crippen molar-refractivity contribution in [2.24, 2.45) is 5.92 Å². The molecule has 2 fully saturated rings. The first-order valence-corrected chi connectivity index (χ1v) is 7.42. The van der Waals surface area contributed by atoms with Crippen LogP contribution in [0.15, 0.2) is 0 Å². The van der Waals surface area contributed by atoms with E-state index >= 15 is 0 Å². The van der Waals surface area contributed by atoms with E-state index in [1.54, 1.807) is 0 Å². The second-order valence-corrected chi connectivity index (χ2v) is 7.08. The molecule has 0 amide bonds. The van der Waals surface area contributed by atoms with E-state index in [0.717, 1.165) is 31.8 Å². The number of nitrogens with zero attached hydrogens (tertiary/aromatic N) is 1. The van der Waals surface area contributed by atoms with Gasteiger partial charge in [-0.25, -0.2) is 8.42 Å². The molecule has 2 saturated heterocycles. The molecule has 2 atom stereocenters. The molecular weight excluding hydrogens is 214 g/mol. The van der Waals surface area contributed by atoms with E-state index in [9.17, 15) is 13.5 Å². The van der Waals surface area contributed by atoms with E-state index in [1.165, 1.54) is 0 Å². The van der Waals surface area contributed by atoms with Crippen LogP contribution in [0.2, 0.25) is 0 Å². The van der Waals surface area contributed by atoms with Crippen LogP contribution in [-0.2, 0) is 9.84 Å². The third-order valence-corrected chi connectivity index (χ3v) is 5.28. The monoisotopic (exact) mass is 233 g/mol. The summed E-state index contributed by atoms with van der Waals surface area (Å²) in [6, 6.07) is -0.150. The Bertz CT molecular complexity index is 320. The van der Waals surface area contributed by atoms with Crippen LogP contribution in [0, 0.1) is 5.92 Å². The summed E-state index contributed by atoms with van der Waals surface area (Å²) in [7, 11) is -3.00. The van der Waals surface area contributed by atoms with Crippen LogP contribution in [-0.4, -0.2) is 55.2 Å². The van der Waals surface area contributed by atoms with Gasteiger partial charge in [-0.05, 0) is 31.8 Å². The molecular formula is C10H19NO3S. The molecule has 0 aromatic carbocycles. The number of hydrogen-bond donors (Lipinski definition) is 1. The van der Waals surface area contributed by atoms with Gasteiger partial charge in [-0.2, -0.15) is 0 Å². The van der Waals surface area contributed by atoms with Gasteiger partial charge in [-0.1, -0.05) is 6.92 Å². The molecule has 0 unspecified atom stereocenters. The minimum atomic E-state index is -3.00. The van der Waals surface area contributed by atoms with E-state index in [-0.39, 0.29) is 17.5 Å². The molecule has 15 heavy (non-hydrogen) atoms. The summed E-state index contributed by atoms with van der Waals surface area (Å²) in [6.07, 6.45) is 1.55. The molecule has 5 heteroatoms. The fourth-order valence-corrected chi connectivity index (χ4v) is 4.35. The second-order valence-electron chi connectivity index (χ2n) is 4.93. The van der Waals surface area contributed by atoms with E-state index in [4.69, 9.17) is 0 Å². The lowest BCUT2D eigenvalue weighted by atomic mass is 9.97. The first-order chi connectivity index (χ1) is 6.98. The largest absolute Gasteiger partial charge is 0.390 e. The SMILES string of the molecule is CC1CCN([C@@H]2CS(=O)(=O)C[C@@H]2O)CC1. The third kappa shape index (κ3) is 2.52. The summed E-state index contributed by atoms with van der Waals surface area (Å²) >= 11 is 0. The fourth-order valence-electron chi connectivity index (χ4n) is 2.52. The van der Waals surface area contributed by atoms with Crippen LogP contribution in [0.1, 0.15) is 19.8 Å². The van der Waals surface area contributed by atoms with Gasteiger partial charge in [0, 0.05) is 0 Å². The van der Waals surface area contributed by atoms with Crippen molar-refractivity contribution in [1.82, 2.24) is 4.90 Å². The first-order valence-electron chi connectivity index (χ1n) is 5.60.